The Morgan fingerprint density at radius 3 is 1.93 bits per heavy atom. The van der Waals surface area contributed by atoms with Gasteiger partial charge in [-0.1, -0.05) is 19.3 Å². The molecule has 0 aromatic heterocycles. The Morgan fingerprint density at radius 2 is 1.52 bits per heavy atom. The highest BCUT2D eigenvalue weighted by Gasteiger charge is 2.38. The highest BCUT2D eigenvalue weighted by molar-refractivity contribution is 7.92. The Labute approximate surface area is 166 Å². The summed E-state index contributed by atoms with van der Waals surface area (Å²) in [4.78, 5) is 22.5. The molecule has 3 N–H and O–H groups in total. The van der Waals surface area contributed by atoms with Crippen LogP contribution in [0.4, 0.5) is 24.5 Å². The number of benzene rings is 1. The molecule has 0 saturated carbocycles. The summed E-state index contributed by atoms with van der Waals surface area (Å²) in [5.74, 6) is -3.80. The van der Waals surface area contributed by atoms with E-state index in [1.54, 1.807) is 12.1 Å². The lowest BCUT2D eigenvalue weighted by atomic mass is 10.1. The van der Waals surface area contributed by atoms with Crippen molar-refractivity contribution in [2.75, 3.05) is 29.0 Å². The number of sulfonamides is 1. The van der Waals surface area contributed by atoms with Gasteiger partial charge in [-0.2, -0.15) is 13.2 Å². The topological polar surface area (TPSA) is 124 Å². The van der Waals surface area contributed by atoms with E-state index < -0.39 is 28.1 Å². The van der Waals surface area contributed by atoms with Crippen LogP contribution in [-0.2, 0) is 14.8 Å². The molecular formula is C17H23F3N2O6S. The van der Waals surface area contributed by atoms with Crippen LogP contribution in [0.15, 0.2) is 18.2 Å². The van der Waals surface area contributed by atoms with E-state index in [0.717, 1.165) is 45.0 Å². The molecule has 0 amide bonds. The van der Waals surface area contributed by atoms with Crippen molar-refractivity contribution in [1.29, 1.82) is 0 Å². The third-order valence-corrected chi connectivity index (χ3v) is 4.58. The van der Waals surface area contributed by atoms with Gasteiger partial charge in [-0.05, 0) is 31.0 Å². The Bertz CT molecular complexity index is 819. The van der Waals surface area contributed by atoms with Crippen molar-refractivity contribution in [2.24, 2.45) is 0 Å². The highest BCUT2D eigenvalue weighted by atomic mass is 32.2. The van der Waals surface area contributed by atoms with E-state index >= 15 is 0 Å². The van der Waals surface area contributed by atoms with Gasteiger partial charge < -0.3 is 15.1 Å². The molecule has 164 valence electrons. The molecule has 1 aromatic rings. The maximum atomic E-state index is 11.5. The van der Waals surface area contributed by atoms with Crippen LogP contribution in [0.1, 0.15) is 42.5 Å². The summed E-state index contributed by atoms with van der Waals surface area (Å²) in [7, 11) is -3.42. The minimum absolute atomic E-state index is 0.134. The summed E-state index contributed by atoms with van der Waals surface area (Å²) in [6, 6.07) is 4.69. The Morgan fingerprint density at radius 1 is 1.03 bits per heavy atom. The fourth-order valence-corrected chi connectivity index (χ4v) is 3.30. The SMILES string of the molecule is CS(=O)(=O)Nc1ccc(N2CCCCCCC2)c(C(=O)O)c1.O=C(O)C(F)(F)F. The molecule has 1 aromatic carbocycles. The standard InChI is InChI=1S/C15H22N2O4S.C2HF3O2/c1-22(20,21)16-12-7-8-14(13(11-12)15(18)19)17-9-5-3-2-4-6-10-17;3-2(4,5)1(6)7/h7-8,11,16H,2-6,9-10H2,1H3,(H,18,19);(H,6,7). The molecule has 12 heteroatoms. The van der Waals surface area contributed by atoms with E-state index in [1.165, 1.54) is 12.5 Å². The van der Waals surface area contributed by atoms with Crippen LogP contribution in [0.2, 0.25) is 0 Å². The van der Waals surface area contributed by atoms with Crippen molar-refractivity contribution < 1.29 is 41.4 Å². The van der Waals surface area contributed by atoms with Crippen LogP contribution in [-0.4, -0.2) is 56.1 Å². The highest BCUT2D eigenvalue weighted by Crippen LogP contribution is 2.27. The molecule has 1 aliphatic rings. The van der Waals surface area contributed by atoms with Crippen molar-refractivity contribution in [3.8, 4) is 0 Å². The van der Waals surface area contributed by atoms with Gasteiger partial charge in [0.05, 0.1) is 17.5 Å². The Kier molecular flexibility index (Phi) is 8.74. The van der Waals surface area contributed by atoms with Crippen molar-refractivity contribution in [1.82, 2.24) is 0 Å². The van der Waals surface area contributed by atoms with Crippen LogP contribution in [0.25, 0.3) is 0 Å². The van der Waals surface area contributed by atoms with Gasteiger partial charge in [-0.15, -0.1) is 0 Å². The number of halogens is 3. The third kappa shape index (κ3) is 9.03. The molecule has 1 heterocycles. The Hall–Kier alpha value is -2.50. The number of carbonyl (C=O) groups is 2. The monoisotopic (exact) mass is 440 g/mol. The summed E-state index contributed by atoms with van der Waals surface area (Å²) in [5, 5.41) is 16.6. The predicted octanol–water partition coefficient (Wildman–Crippen LogP) is 3.16. The molecule has 0 aliphatic carbocycles. The average molecular weight is 440 g/mol. The smallest absolute Gasteiger partial charge is 0.478 e. The number of carboxylic acids is 2. The average Bonchev–Trinajstić information content (AvgIpc) is 2.53. The third-order valence-electron chi connectivity index (χ3n) is 3.97. The van der Waals surface area contributed by atoms with Crippen molar-refractivity contribution in [3.63, 3.8) is 0 Å². The van der Waals surface area contributed by atoms with Crippen LogP contribution in [0.3, 0.4) is 0 Å². The lowest BCUT2D eigenvalue weighted by molar-refractivity contribution is -0.192. The first kappa shape index (κ1) is 24.5. The van der Waals surface area contributed by atoms with Gasteiger partial charge in [-0.3, -0.25) is 4.72 Å². The quantitative estimate of drug-likeness (QED) is 0.657. The molecule has 0 atom stereocenters. The molecule has 0 spiro atoms. The second-order valence-electron chi connectivity index (χ2n) is 6.47. The van der Waals surface area contributed by atoms with Gasteiger partial charge in [0.25, 0.3) is 0 Å². The molecule has 29 heavy (non-hydrogen) atoms. The van der Waals surface area contributed by atoms with Crippen molar-refractivity contribution in [2.45, 2.75) is 38.3 Å². The number of rotatable bonds is 4. The number of nitrogens with one attached hydrogen (secondary N) is 1. The largest absolute Gasteiger partial charge is 0.490 e. The number of hydrogen-bond donors (Lipinski definition) is 3. The van der Waals surface area contributed by atoms with Crippen molar-refractivity contribution in [3.05, 3.63) is 23.8 Å². The van der Waals surface area contributed by atoms with E-state index in [-0.39, 0.29) is 11.3 Å². The summed E-state index contributed by atoms with van der Waals surface area (Å²) >= 11 is 0. The van der Waals surface area contributed by atoms with Crippen molar-refractivity contribution >= 4 is 33.3 Å². The zero-order chi connectivity index (χ0) is 22.2. The van der Waals surface area contributed by atoms with Gasteiger partial charge in [-0.25, -0.2) is 18.0 Å². The molecule has 1 fully saturated rings. The van der Waals surface area contributed by atoms with E-state index in [0.29, 0.717) is 5.69 Å². The molecule has 8 nitrogen and oxygen atoms in total. The number of anilines is 2. The zero-order valence-electron chi connectivity index (χ0n) is 15.7. The Balaban J connectivity index is 0.000000516. The number of hydrogen-bond acceptors (Lipinski definition) is 5. The maximum Gasteiger partial charge on any atom is 0.490 e. The van der Waals surface area contributed by atoms with E-state index in [1.807, 2.05) is 0 Å². The number of aromatic carboxylic acids is 1. The molecular weight excluding hydrogens is 417 g/mol. The number of carboxylic acid groups (broad SMARTS) is 2. The summed E-state index contributed by atoms with van der Waals surface area (Å²) in [6.45, 7) is 1.66. The first-order chi connectivity index (χ1) is 13.3. The molecule has 0 radical (unpaired) electrons. The van der Waals surface area contributed by atoms with E-state index in [9.17, 15) is 31.5 Å². The van der Waals surface area contributed by atoms with Crippen LogP contribution in [0, 0.1) is 0 Å². The van der Waals surface area contributed by atoms with Gasteiger partial charge in [0.15, 0.2) is 0 Å². The number of alkyl halides is 3. The van der Waals surface area contributed by atoms with Gasteiger partial charge in [0, 0.05) is 18.8 Å². The molecule has 2 rings (SSSR count). The number of aliphatic carboxylic acids is 1. The fraction of sp³-hybridized carbons (Fsp3) is 0.529. The molecule has 0 bridgehead atoms. The van der Waals surface area contributed by atoms with Gasteiger partial charge >= 0.3 is 18.1 Å². The molecule has 1 saturated heterocycles. The van der Waals surface area contributed by atoms with Crippen LogP contribution < -0.4 is 9.62 Å². The summed E-state index contributed by atoms with van der Waals surface area (Å²) < 4.78 is 56.6. The summed E-state index contributed by atoms with van der Waals surface area (Å²) in [6.07, 6.45) is 1.60. The second kappa shape index (κ2) is 10.3. The molecule has 1 aliphatic heterocycles. The van der Waals surface area contributed by atoms with Gasteiger partial charge in [0.1, 0.15) is 0 Å². The predicted molar refractivity (Wildman–Crippen MR) is 101 cm³/mol. The van der Waals surface area contributed by atoms with E-state index in [2.05, 4.69) is 9.62 Å². The first-order valence-corrected chi connectivity index (χ1v) is 10.6. The lowest BCUT2D eigenvalue weighted by Gasteiger charge is -2.28. The first-order valence-electron chi connectivity index (χ1n) is 8.71. The number of nitrogens with zero attached hydrogens (tertiary/aromatic N) is 1. The van der Waals surface area contributed by atoms with Crippen LogP contribution >= 0.6 is 0 Å². The second-order valence-corrected chi connectivity index (χ2v) is 8.22. The minimum atomic E-state index is -5.08. The fourth-order valence-electron chi connectivity index (χ4n) is 2.75. The summed E-state index contributed by atoms with van der Waals surface area (Å²) in [5.41, 5.74) is 1.07. The minimum Gasteiger partial charge on any atom is -0.478 e. The maximum absolute atomic E-state index is 11.5. The molecule has 0 unspecified atom stereocenters. The van der Waals surface area contributed by atoms with Gasteiger partial charge in [0.2, 0.25) is 10.0 Å². The lowest BCUT2D eigenvalue weighted by Crippen LogP contribution is -2.28. The van der Waals surface area contributed by atoms with Crippen LogP contribution in [0.5, 0.6) is 0 Å². The van der Waals surface area contributed by atoms with E-state index in [4.69, 9.17) is 9.90 Å². The zero-order valence-corrected chi connectivity index (χ0v) is 16.5. The normalized spacial score (nSPS) is 15.4.